The minimum absolute atomic E-state index is 0.245. The minimum atomic E-state index is -4.25. The second-order valence-corrected chi connectivity index (χ2v) is 8.14. The average Bonchev–Trinajstić information content (AvgIpc) is 2.80. The molecule has 1 saturated heterocycles. The number of piperidine rings is 1. The van der Waals surface area contributed by atoms with Crippen LogP contribution >= 0.6 is 0 Å². The maximum absolute atomic E-state index is 13.1. The highest BCUT2D eigenvalue weighted by molar-refractivity contribution is 5.65. The smallest absolute Gasteiger partial charge is 0.416 e. The molecule has 0 unspecified atom stereocenters. The van der Waals surface area contributed by atoms with Crippen LogP contribution in [0.15, 0.2) is 48.5 Å². The maximum atomic E-state index is 13.1. The predicted octanol–water partition coefficient (Wildman–Crippen LogP) is 7.53. The molecule has 0 N–H and O–H groups in total. The Labute approximate surface area is 203 Å². The lowest BCUT2D eigenvalue weighted by atomic mass is 9.99. The number of nitrogens with zero attached hydrogens (tertiary/aromatic N) is 1. The largest absolute Gasteiger partial charge is 0.469 e. The Bertz CT molecular complexity index is 876. The Balaban J connectivity index is 0.000000338. The molecule has 1 heterocycles. The minimum Gasteiger partial charge on any atom is -0.469 e. The van der Waals surface area contributed by atoms with E-state index >= 15 is 0 Å². The quantitative estimate of drug-likeness (QED) is 0.318. The molecule has 1 aliphatic rings. The molecule has 35 heavy (non-hydrogen) atoms. The lowest BCUT2D eigenvalue weighted by molar-refractivity contribution is -0.139. The van der Waals surface area contributed by atoms with Crippen LogP contribution in [0.4, 0.5) is 26.3 Å². The van der Waals surface area contributed by atoms with E-state index in [1.54, 1.807) is 18.2 Å². The number of rotatable bonds is 4. The summed E-state index contributed by atoms with van der Waals surface area (Å²) in [5, 5.41) is 0. The Kier molecular flexibility index (Phi) is 12.9. The van der Waals surface area contributed by atoms with Crippen LogP contribution in [0.2, 0.25) is 0 Å². The summed E-state index contributed by atoms with van der Waals surface area (Å²) in [6.07, 6.45) is -3.29. The van der Waals surface area contributed by atoms with Gasteiger partial charge in [-0.05, 0) is 49.5 Å². The SMILES string of the molecule is CCCc1ccc(C(F)(F)F)c(CN2CCCCC2)c1.COC(C)=O.FC(F)(F)c1ccccc1. The van der Waals surface area contributed by atoms with Gasteiger partial charge in [0.2, 0.25) is 0 Å². The first-order valence-electron chi connectivity index (χ1n) is 11.5. The van der Waals surface area contributed by atoms with Crippen molar-refractivity contribution in [3.8, 4) is 0 Å². The highest BCUT2D eigenvalue weighted by Crippen LogP contribution is 2.33. The fourth-order valence-electron chi connectivity index (χ4n) is 3.48. The molecule has 2 aromatic carbocycles. The van der Waals surface area contributed by atoms with E-state index in [-0.39, 0.29) is 5.97 Å². The van der Waals surface area contributed by atoms with Crippen molar-refractivity contribution >= 4 is 5.97 Å². The monoisotopic (exact) mass is 505 g/mol. The molecule has 0 radical (unpaired) electrons. The van der Waals surface area contributed by atoms with Gasteiger partial charge < -0.3 is 4.74 Å². The van der Waals surface area contributed by atoms with Crippen molar-refractivity contribution in [3.63, 3.8) is 0 Å². The molecule has 3 nitrogen and oxygen atoms in total. The van der Waals surface area contributed by atoms with Crippen LogP contribution in [0.1, 0.15) is 61.8 Å². The van der Waals surface area contributed by atoms with Gasteiger partial charge in [-0.2, -0.15) is 26.3 Å². The highest BCUT2D eigenvalue weighted by atomic mass is 19.4. The van der Waals surface area contributed by atoms with Gasteiger partial charge in [0, 0.05) is 13.5 Å². The van der Waals surface area contributed by atoms with Crippen molar-refractivity contribution in [1.29, 1.82) is 0 Å². The summed E-state index contributed by atoms with van der Waals surface area (Å²) in [6.45, 7) is 5.65. The molecule has 0 atom stereocenters. The highest BCUT2D eigenvalue weighted by Gasteiger charge is 2.33. The van der Waals surface area contributed by atoms with Gasteiger partial charge in [-0.1, -0.05) is 62.2 Å². The lowest BCUT2D eigenvalue weighted by Crippen LogP contribution is -2.30. The van der Waals surface area contributed by atoms with Gasteiger partial charge in [0.1, 0.15) is 0 Å². The van der Waals surface area contributed by atoms with Crippen LogP contribution in [0.5, 0.6) is 0 Å². The number of esters is 1. The first-order valence-corrected chi connectivity index (χ1v) is 11.5. The van der Waals surface area contributed by atoms with E-state index in [9.17, 15) is 31.1 Å². The van der Waals surface area contributed by atoms with Crippen molar-refractivity contribution in [2.75, 3.05) is 20.2 Å². The van der Waals surface area contributed by atoms with Crippen molar-refractivity contribution in [2.24, 2.45) is 0 Å². The summed E-state index contributed by atoms with van der Waals surface area (Å²) in [4.78, 5) is 11.7. The normalized spacial score (nSPS) is 14.2. The van der Waals surface area contributed by atoms with Crippen LogP contribution in [0, 0.1) is 0 Å². The summed E-state index contributed by atoms with van der Waals surface area (Å²) < 4.78 is 78.8. The van der Waals surface area contributed by atoms with Crippen LogP contribution in [-0.2, 0) is 34.8 Å². The number of ether oxygens (including phenoxy) is 1. The van der Waals surface area contributed by atoms with Gasteiger partial charge in [-0.15, -0.1) is 0 Å². The molecule has 1 aliphatic heterocycles. The predicted molar refractivity (Wildman–Crippen MR) is 124 cm³/mol. The molecule has 196 valence electrons. The van der Waals surface area contributed by atoms with Crippen molar-refractivity contribution in [1.82, 2.24) is 4.90 Å². The Hall–Kier alpha value is -2.55. The Morgan fingerprint density at radius 2 is 1.49 bits per heavy atom. The van der Waals surface area contributed by atoms with Gasteiger partial charge in [-0.3, -0.25) is 9.69 Å². The third-order valence-electron chi connectivity index (χ3n) is 5.24. The average molecular weight is 506 g/mol. The molecular weight excluding hydrogens is 472 g/mol. The molecule has 0 amide bonds. The Morgan fingerprint density at radius 1 is 0.914 bits per heavy atom. The second kappa shape index (κ2) is 14.8. The zero-order valence-electron chi connectivity index (χ0n) is 20.3. The number of methoxy groups -OCH3 is 1. The van der Waals surface area contributed by atoms with Crippen LogP contribution in [0.3, 0.4) is 0 Å². The number of likely N-dealkylation sites (tertiary alicyclic amines) is 1. The number of carbonyl (C=O) groups is 1. The molecule has 0 saturated carbocycles. The number of alkyl halides is 6. The molecular formula is C26H33F6NO2. The molecule has 1 fully saturated rings. The molecule has 2 aromatic rings. The Morgan fingerprint density at radius 3 is 1.91 bits per heavy atom. The van der Waals surface area contributed by atoms with Gasteiger partial charge >= 0.3 is 18.3 Å². The summed E-state index contributed by atoms with van der Waals surface area (Å²) >= 11 is 0. The van der Waals surface area contributed by atoms with E-state index in [4.69, 9.17) is 0 Å². The molecule has 0 spiro atoms. The van der Waals surface area contributed by atoms with E-state index in [2.05, 4.69) is 9.64 Å². The summed E-state index contributed by atoms with van der Waals surface area (Å²) in [5.41, 5.74) is 0.371. The third-order valence-corrected chi connectivity index (χ3v) is 5.24. The number of carbonyl (C=O) groups excluding carboxylic acids is 1. The van der Waals surface area contributed by atoms with E-state index in [0.29, 0.717) is 12.1 Å². The van der Waals surface area contributed by atoms with E-state index in [1.165, 1.54) is 38.7 Å². The van der Waals surface area contributed by atoms with Crippen LogP contribution in [0.25, 0.3) is 0 Å². The topological polar surface area (TPSA) is 29.5 Å². The second-order valence-electron chi connectivity index (χ2n) is 8.14. The van der Waals surface area contributed by atoms with E-state index in [1.807, 2.05) is 6.92 Å². The number of hydrogen-bond donors (Lipinski definition) is 0. The van der Waals surface area contributed by atoms with Gasteiger partial charge in [0.15, 0.2) is 0 Å². The third kappa shape index (κ3) is 12.1. The van der Waals surface area contributed by atoms with Crippen molar-refractivity contribution in [2.45, 2.75) is 64.8 Å². The number of halogens is 6. The van der Waals surface area contributed by atoms with E-state index < -0.39 is 23.5 Å². The fourth-order valence-corrected chi connectivity index (χ4v) is 3.48. The van der Waals surface area contributed by atoms with E-state index in [0.717, 1.165) is 56.5 Å². The standard InChI is InChI=1S/C16H22F3N.C7H5F3.C3H6O2/c1-2-6-13-7-8-15(16(17,18)19)14(11-13)12-20-9-4-3-5-10-20;8-7(9,10)6-4-2-1-3-5-6;1-3(4)5-2/h7-8,11H,2-6,9-10,12H2,1H3;1-5H;1-2H3. The first-order chi connectivity index (χ1) is 16.4. The number of hydrogen-bond acceptors (Lipinski definition) is 3. The summed E-state index contributed by atoms with van der Waals surface area (Å²) in [5.74, 6) is -0.245. The molecule has 0 aromatic heterocycles. The number of benzene rings is 2. The fraction of sp³-hybridized carbons (Fsp3) is 0.500. The van der Waals surface area contributed by atoms with Gasteiger partial charge in [0.05, 0.1) is 18.2 Å². The zero-order valence-corrected chi connectivity index (χ0v) is 20.3. The number of aryl methyl sites for hydroxylation is 1. The molecule has 9 heteroatoms. The zero-order chi connectivity index (χ0) is 26.5. The van der Waals surface area contributed by atoms with Gasteiger partial charge in [0.25, 0.3) is 0 Å². The summed E-state index contributed by atoms with van der Waals surface area (Å²) in [7, 11) is 1.35. The maximum Gasteiger partial charge on any atom is 0.416 e. The van der Waals surface area contributed by atoms with Crippen LogP contribution < -0.4 is 0 Å². The first kappa shape index (κ1) is 30.5. The molecule has 3 rings (SSSR count). The van der Waals surface area contributed by atoms with Crippen molar-refractivity contribution in [3.05, 3.63) is 70.8 Å². The van der Waals surface area contributed by atoms with Crippen molar-refractivity contribution < 1.29 is 35.9 Å². The lowest BCUT2D eigenvalue weighted by Gasteiger charge is -2.27. The molecule has 0 bridgehead atoms. The van der Waals surface area contributed by atoms with Crippen LogP contribution in [-0.4, -0.2) is 31.1 Å². The molecule has 0 aliphatic carbocycles. The van der Waals surface area contributed by atoms with Gasteiger partial charge in [-0.25, -0.2) is 0 Å². The summed E-state index contributed by atoms with van der Waals surface area (Å²) in [6, 6.07) is 11.0.